The molecule has 0 spiro atoms. The predicted molar refractivity (Wildman–Crippen MR) is 111 cm³/mol. The van der Waals surface area contributed by atoms with Crippen LogP contribution in [0.4, 0.5) is 0 Å². The molecule has 7 heteroatoms. The molecule has 0 saturated heterocycles. The number of nitrogens with zero attached hydrogens (tertiary/aromatic N) is 1. The molecule has 1 amide bonds. The van der Waals surface area contributed by atoms with Crippen molar-refractivity contribution in [3.05, 3.63) is 45.1 Å². The van der Waals surface area contributed by atoms with Gasteiger partial charge in [0.25, 0.3) is 5.91 Å². The molecule has 2 rings (SSSR count). The number of benzene rings is 1. The quantitative estimate of drug-likeness (QED) is 0.620. The fourth-order valence-electron chi connectivity index (χ4n) is 2.66. The summed E-state index contributed by atoms with van der Waals surface area (Å²) in [5, 5.41) is 7.51. The highest BCUT2D eigenvalue weighted by Crippen LogP contribution is 2.37. The maximum Gasteiger partial charge on any atom is 0.251 e. The minimum Gasteiger partial charge on any atom is -0.490 e. The summed E-state index contributed by atoms with van der Waals surface area (Å²) in [5.74, 6) is 0.786. The van der Waals surface area contributed by atoms with Crippen molar-refractivity contribution in [2.45, 2.75) is 26.3 Å². The van der Waals surface area contributed by atoms with Crippen LogP contribution in [0.1, 0.15) is 42.2 Å². The molecule has 1 unspecified atom stereocenters. The first-order valence-corrected chi connectivity index (χ1v) is 10.4. The van der Waals surface area contributed by atoms with Crippen molar-refractivity contribution in [3.63, 3.8) is 0 Å². The summed E-state index contributed by atoms with van der Waals surface area (Å²) < 4.78 is 11.3. The van der Waals surface area contributed by atoms with E-state index in [1.54, 1.807) is 23.5 Å². The number of halogens is 1. The fourth-order valence-corrected chi connectivity index (χ4v) is 3.63. The van der Waals surface area contributed by atoms with Gasteiger partial charge in [-0.05, 0) is 62.0 Å². The normalized spacial score (nSPS) is 12.1. The van der Waals surface area contributed by atoms with E-state index in [9.17, 15) is 4.79 Å². The Labute approximate surface area is 170 Å². The molecule has 0 saturated carbocycles. The molecule has 148 valence electrons. The maximum absolute atomic E-state index is 12.7. The van der Waals surface area contributed by atoms with Gasteiger partial charge in [0.2, 0.25) is 0 Å². The van der Waals surface area contributed by atoms with Crippen molar-refractivity contribution in [1.82, 2.24) is 10.2 Å². The highest BCUT2D eigenvalue weighted by atomic mass is 35.5. The van der Waals surface area contributed by atoms with Gasteiger partial charge >= 0.3 is 0 Å². The van der Waals surface area contributed by atoms with Gasteiger partial charge in [0.05, 0.1) is 24.3 Å². The average molecular weight is 411 g/mol. The molecular formula is C20H27ClN2O3S. The largest absolute Gasteiger partial charge is 0.490 e. The molecule has 1 N–H and O–H groups in total. The third-order valence-corrected chi connectivity index (χ3v) is 5.01. The molecule has 5 nitrogen and oxygen atoms in total. The number of nitrogens with one attached hydrogen (secondary N) is 1. The van der Waals surface area contributed by atoms with Crippen molar-refractivity contribution in [3.8, 4) is 11.5 Å². The van der Waals surface area contributed by atoms with Crippen LogP contribution in [0.5, 0.6) is 11.5 Å². The molecular weight excluding hydrogens is 384 g/mol. The summed E-state index contributed by atoms with van der Waals surface area (Å²) >= 11 is 8.00. The van der Waals surface area contributed by atoms with Crippen LogP contribution < -0.4 is 14.8 Å². The summed E-state index contributed by atoms with van der Waals surface area (Å²) in [6.45, 7) is 5.40. The zero-order valence-corrected chi connectivity index (χ0v) is 17.8. The second-order valence-electron chi connectivity index (χ2n) is 6.31. The van der Waals surface area contributed by atoms with Crippen molar-refractivity contribution in [1.29, 1.82) is 0 Å². The van der Waals surface area contributed by atoms with Crippen LogP contribution in [0.25, 0.3) is 0 Å². The Balaban J connectivity index is 2.15. The number of hydrogen-bond donors (Lipinski definition) is 1. The highest BCUT2D eigenvalue weighted by Gasteiger charge is 2.19. The minimum absolute atomic E-state index is 0.106. The summed E-state index contributed by atoms with van der Waals surface area (Å²) in [5.41, 5.74) is 1.64. The molecule has 0 aliphatic rings. The molecule has 1 aromatic heterocycles. The van der Waals surface area contributed by atoms with Gasteiger partial charge in [-0.15, -0.1) is 0 Å². The van der Waals surface area contributed by atoms with Crippen LogP contribution in [0.3, 0.4) is 0 Å². The van der Waals surface area contributed by atoms with Crippen LogP contribution in [0.2, 0.25) is 5.02 Å². The lowest BCUT2D eigenvalue weighted by Gasteiger charge is -2.24. The second-order valence-corrected chi connectivity index (χ2v) is 7.50. The molecule has 0 aliphatic heterocycles. The van der Waals surface area contributed by atoms with Crippen LogP contribution >= 0.6 is 22.9 Å². The molecule has 1 aromatic carbocycles. The minimum atomic E-state index is -0.193. The SMILES string of the molecule is CCCOc1c(Cl)cc(C(=O)NCC(c2ccsc2)N(C)C)cc1OCC. The van der Waals surface area contributed by atoms with E-state index in [-0.39, 0.29) is 11.9 Å². The van der Waals surface area contributed by atoms with Gasteiger partial charge in [-0.3, -0.25) is 4.79 Å². The van der Waals surface area contributed by atoms with Crippen molar-refractivity contribution in [2.24, 2.45) is 0 Å². The van der Waals surface area contributed by atoms with Gasteiger partial charge in [-0.2, -0.15) is 11.3 Å². The van der Waals surface area contributed by atoms with E-state index in [1.807, 2.05) is 33.3 Å². The maximum atomic E-state index is 12.7. The Morgan fingerprint density at radius 1 is 1.30 bits per heavy atom. The lowest BCUT2D eigenvalue weighted by atomic mass is 10.1. The summed E-state index contributed by atoms with van der Waals surface area (Å²) in [6, 6.07) is 5.49. The predicted octanol–water partition coefficient (Wildman–Crippen LogP) is 4.62. The molecule has 1 atom stereocenters. The van der Waals surface area contributed by atoms with E-state index >= 15 is 0 Å². The Bertz CT molecular complexity index is 735. The third-order valence-electron chi connectivity index (χ3n) is 4.03. The Morgan fingerprint density at radius 2 is 2.07 bits per heavy atom. The summed E-state index contributed by atoms with van der Waals surface area (Å²) in [4.78, 5) is 14.8. The van der Waals surface area contributed by atoms with E-state index in [4.69, 9.17) is 21.1 Å². The van der Waals surface area contributed by atoms with E-state index < -0.39 is 0 Å². The van der Waals surface area contributed by atoms with Crippen LogP contribution in [-0.4, -0.2) is 44.7 Å². The molecule has 1 heterocycles. The number of likely N-dealkylation sites (N-methyl/N-ethyl adjacent to an activating group) is 1. The molecule has 0 fully saturated rings. The van der Waals surface area contributed by atoms with E-state index in [2.05, 4.69) is 21.7 Å². The van der Waals surface area contributed by atoms with Gasteiger partial charge in [0.1, 0.15) is 0 Å². The fraction of sp³-hybridized carbons (Fsp3) is 0.450. The first-order chi connectivity index (χ1) is 13.0. The Kier molecular flexibility index (Phi) is 8.41. The Hall–Kier alpha value is -1.76. The van der Waals surface area contributed by atoms with Crippen LogP contribution in [0, 0.1) is 0 Å². The van der Waals surface area contributed by atoms with E-state index in [1.165, 1.54) is 5.56 Å². The molecule has 0 aliphatic carbocycles. The van der Waals surface area contributed by atoms with Crippen molar-refractivity contribution in [2.75, 3.05) is 33.9 Å². The number of thiophene rings is 1. The summed E-state index contributed by atoms with van der Waals surface area (Å²) in [6.07, 6.45) is 0.860. The standard InChI is InChI=1S/C20H27ClN2O3S/c1-5-8-26-19-16(21)10-15(11-18(19)25-6-2)20(24)22-12-17(23(3)4)14-7-9-27-13-14/h7,9-11,13,17H,5-6,8,12H2,1-4H3,(H,22,24). The number of rotatable bonds is 10. The van der Waals surface area contributed by atoms with Crippen LogP contribution in [0.15, 0.2) is 29.0 Å². The van der Waals surface area contributed by atoms with Gasteiger partial charge < -0.3 is 19.7 Å². The van der Waals surface area contributed by atoms with Gasteiger partial charge in [0.15, 0.2) is 11.5 Å². The Morgan fingerprint density at radius 3 is 2.67 bits per heavy atom. The first-order valence-electron chi connectivity index (χ1n) is 9.03. The third kappa shape index (κ3) is 5.86. The number of amides is 1. The molecule has 27 heavy (non-hydrogen) atoms. The number of carbonyl (C=O) groups excluding carboxylic acids is 1. The summed E-state index contributed by atoms with van der Waals surface area (Å²) in [7, 11) is 4.00. The smallest absolute Gasteiger partial charge is 0.251 e. The highest BCUT2D eigenvalue weighted by molar-refractivity contribution is 7.07. The first kappa shape index (κ1) is 21.5. The van der Waals surface area contributed by atoms with Crippen molar-refractivity contribution >= 4 is 28.8 Å². The van der Waals surface area contributed by atoms with E-state index in [0.29, 0.717) is 41.8 Å². The number of hydrogen-bond acceptors (Lipinski definition) is 5. The molecule has 0 bridgehead atoms. The van der Waals surface area contributed by atoms with Crippen molar-refractivity contribution < 1.29 is 14.3 Å². The van der Waals surface area contributed by atoms with Gasteiger partial charge in [-0.25, -0.2) is 0 Å². The van der Waals surface area contributed by atoms with Gasteiger partial charge in [-0.1, -0.05) is 18.5 Å². The van der Waals surface area contributed by atoms with Crippen LogP contribution in [-0.2, 0) is 0 Å². The molecule has 0 radical (unpaired) electrons. The lowest BCUT2D eigenvalue weighted by molar-refractivity contribution is 0.0941. The van der Waals surface area contributed by atoms with Gasteiger partial charge in [0, 0.05) is 12.1 Å². The monoisotopic (exact) mass is 410 g/mol. The second kappa shape index (κ2) is 10.5. The molecule has 2 aromatic rings. The van der Waals surface area contributed by atoms with E-state index in [0.717, 1.165) is 6.42 Å². The number of carbonyl (C=O) groups is 1. The average Bonchev–Trinajstić information content (AvgIpc) is 3.15. The zero-order valence-electron chi connectivity index (χ0n) is 16.3. The number of ether oxygens (including phenoxy) is 2. The lowest BCUT2D eigenvalue weighted by Crippen LogP contribution is -2.34. The zero-order chi connectivity index (χ0) is 19.8. The topological polar surface area (TPSA) is 50.8 Å².